The van der Waals surface area contributed by atoms with E-state index in [1.165, 1.54) is 18.3 Å². The number of amides is 2. The van der Waals surface area contributed by atoms with Gasteiger partial charge in [0.05, 0.1) is 33.6 Å². The fourth-order valence-electron chi connectivity index (χ4n) is 4.86. The number of benzene rings is 2. The summed E-state index contributed by atoms with van der Waals surface area (Å²) in [6.45, 7) is 6.94. The largest absolute Gasteiger partial charge is 0.462 e. The molecular weight excluding hydrogens is 640 g/mol. The normalized spacial score (nSPS) is 15.7. The van der Waals surface area contributed by atoms with Crippen LogP contribution in [-0.2, 0) is 14.1 Å². The highest BCUT2D eigenvalue weighted by molar-refractivity contribution is 7.55. The zero-order chi connectivity index (χ0) is 32.7. The molecule has 0 radical (unpaired) electrons. The zero-order valence-corrected chi connectivity index (χ0v) is 28.0. The summed E-state index contributed by atoms with van der Waals surface area (Å²) >= 11 is 12.6. The molecule has 0 saturated heterocycles. The molecule has 0 aliphatic heterocycles. The highest BCUT2D eigenvalue weighted by atomic mass is 35.5. The van der Waals surface area contributed by atoms with Gasteiger partial charge in [-0.3, -0.25) is 14.4 Å². The van der Waals surface area contributed by atoms with Crippen molar-refractivity contribution in [2.45, 2.75) is 78.0 Å². The van der Waals surface area contributed by atoms with Gasteiger partial charge in [0.25, 0.3) is 11.8 Å². The minimum Gasteiger partial charge on any atom is -0.462 e. The Balaban J connectivity index is 1.79. The first-order valence-corrected chi connectivity index (χ1v) is 17.2. The van der Waals surface area contributed by atoms with Crippen molar-refractivity contribution in [1.82, 2.24) is 20.0 Å². The monoisotopic (exact) mass is 677 g/mol. The number of nitrogens with one attached hydrogen (secondary N) is 3. The molecule has 45 heavy (non-hydrogen) atoms. The maximum Gasteiger partial charge on any atom is 0.440 e. The lowest BCUT2D eigenvalue weighted by Gasteiger charge is -2.27. The van der Waals surface area contributed by atoms with Crippen LogP contribution in [0.15, 0.2) is 54.7 Å². The van der Waals surface area contributed by atoms with Crippen LogP contribution in [0, 0.1) is 5.92 Å². The Morgan fingerprint density at radius 2 is 1.58 bits per heavy atom. The van der Waals surface area contributed by atoms with Crippen LogP contribution in [0.3, 0.4) is 0 Å². The van der Waals surface area contributed by atoms with Crippen molar-refractivity contribution in [2.24, 2.45) is 5.92 Å². The lowest BCUT2D eigenvalue weighted by Crippen LogP contribution is -2.43. The van der Waals surface area contributed by atoms with E-state index in [0.717, 1.165) is 36.6 Å². The molecule has 242 valence electrons. The molecule has 1 saturated carbocycles. The van der Waals surface area contributed by atoms with Crippen molar-refractivity contribution in [3.8, 4) is 5.75 Å². The van der Waals surface area contributed by atoms with Gasteiger partial charge >= 0.3 is 13.6 Å². The minimum atomic E-state index is -4.35. The molecule has 1 heterocycles. The third-order valence-electron chi connectivity index (χ3n) is 7.11. The Bertz CT molecular complexity index is 1540. The first kappa shape index (κ1) is 34.5. The van der Waals surface area contributed by atoms with Crippen LogP contribution in [0.1, 0.15) is 80.6 Å². The van der Waals surface area contributed by atoms with E-state index in [9.17, 15) is 18.9 Å². The number of aromatic nitrogens is 2. The second-order valence-corrected chi connectivity index (χ2v) is 14.1. The highest BCUT2D eigenvalue weighted by Crippen LogP contribution is 2.46. The average molecular weight is 679 g/mol. The molecule has 0 spiro atoms. The number of anilines is 1. The number of carbonyl (C=O) groups is 3. The predicted octanol–water partition coefficient (Wildman–Crippen LogP) is 7.11. The quantitative estimate of drug-likeness (QED) is 0.136. The number of hydrogen-bond donors (Lipinski definition) is 3. The van der Waals surface area contributed by atoms with E-state index >= 15 is 0 Å². The van der Waals surface area contributed by atoms with Gasteiger partial charge in [0.15, 0.2) is 5.69 Å². The molecule has 2 amide bonds. The topological polar surface area (TPSA) is 141 Å². The molecule has 1 unspecified atom stereocenters. The molecule has 14 heteroatoms. The first-order chi connectivity index (χ1) is 21.4. The third-order valence-corrected chi connectivity index (χ3v) is 9.55. The second kappa shape index (κ2) is 15.3. The van der Waals surface area contributed by atoms with E-state index in [0.29, 0.717) is 0 Å². The van der Waals surface area contributed by atoms with Crippen molar-refractivity contribution in [2.75, 3.05) is 5.32 Å². The predicted molar refractivity (Wildman–Crippen MR) is 174 cm³/mol. The number of halogens is 2. The van der Waals surface area contributed by atoms with Crippen LogP contribution in [0.25, 0.3) is 0 Å². The fraction of sp³-hybridized carbons (Fsp3) is 0.419. The Morgan fingerprint density at radius 3 is 2.18 bits per heavy atom. The Labute approximate surface area is 272 Å². The zero-order valence-electron chi connectivity index (χ0n) is 25.6. The number of para-hydroxylation sites is 1. The Hall–Kier alpha value is -3.37. The second-order valence-electron chi connectivity index (χ2n) is 11.4. The molecular formula is C31H38Cl2N5O6P. The average Bonchev–Trinajstić information content (AvgIpc) is 3.41. The molecule has 1 fully saturated rings. The van der Waals surface area contributed by atoms with Gasteiger partial charge in [0, 0.05) is 6.04 Å². The summed E-state index contributed by atoms with van der Waals surface area (Å²) in [5.41, 5.74) is -0.277. The van der Waals surface area contributed by atoms with Crippen LogP contribution in [-0.4, -0.2) is 45.5 Å². The number of esters is 1. The van der Waals surface area contributed by atoms with Crippen LogP contribution >= 0.6 is 30.9 Å². The van der Waals surface area contributed by atoms with E-state index in [-0.39, 0.29) is 44.7 Å². The summed E-state index contributed by atoms with van der Waals surface area (Å²) in [5, 5.41) is 13.1. The van der Waals surface area contributed by atoms with Gasteiger partial charge < -0.3 is 19.9 Å². The number of nitrogens with zero attached hydrogens (tertiary/aromatic N) is 2. The number of ether oxygens (including phenoxy) is 1. The van der Waals surface area contributed by atoms with Gasteiger partial charge in [-0.05, 0) is 56.9 Å². The van der Waals surface area contributed by atoms with E-state index in [4.69, 9.17) is 32.5 Å². The van der Waals surface area contributed by atoms with Crippen molar-refractivity contribution in [1.29, 1.82) is 0 Å². The van der Waals surface area contributed by atoms with Gasteiger partial charge in [0.2, 0.25) is 0 Å². The van der Waals surface area contributed by atoms with Crippen molar-refractivity contribution in [3.05, 3.63) is 76.0 Å². The van der Waals surface area contributed by atoms with Crippen molar-refractivity contribution >= 4 is 54.3 Å². The molecule has 2 aromatic carbocycles. The summed E-state index contributed by atoms with van der Waals surface area (Å²) < 4.78 is 27.2. The first-order valence-electron chi connectivity index (χ1n) is 14.9. The maximum atomic E-state index is 14.8. The van der Waals surface area contributed by atoms with Gasteiger partial charge in [-0.15, -0.1) is 0 Å². The van der Waals surface area contributed by atoms with E-state index in [2.05, 4.69) is 20.8 Å². The molecule has 1 aromatic heterocycles. The van der Waals surface area contributed by atoms with Gasteiger partial charge in [-0.1, -0.05) is 80.6 Å². The summed E-state index contributed by atoms with van der Waals surface area (Å²) in [4.78, 5) is 40.1. The number of carbonyl (C=O) groups excluding carboxylic acids is 3. The molecule has 0 bridgehead atoms. The lowest BCUT2D eigenvalue weighted by molar-refractivity contribution is -0.150. The number of rotatable bonds is 12. The smallest absolute Gasteiger partial charge is 0.440 e. The maximum absolute atomic E-state index is 14.8. The Morgan fingerprint density at radius 1 is 0.933 bits per heavy atom. The minimum absolute atomic E-state index is 0.00892. The summed E-state index contributed by atoms with van der Waals surface area (Å²) in [6.07, 6.45) is 5.43. The fourth-order valence-corrected chi connectivity index (χ4v) is 7.32. The summed E-state index contributed by atoms with van der Waals surface area (Å²) in [6, 6.07) is 11.8. The van der Waals surface area contributed by atoms with E-state index in [1.807, 2.05) is 0 Å². The molecule has 1 aliphatic carbocycles. The molecule has 1 aliphatic rings. The lowest BCUT2D eigenvalue weighted by atomic mass is 9.95. The molecule has 2 atom stereocenters. The van der Waals surface area contributed by atoms with E-state index < -0.39 is 37.6 Å². The van der Waals surface area contributed by atoms with Crippen LogP contribution < -0.4 is 20.2 Å². The number of hydrogen-bond acceptors (Lipinski definition) is 7. The van der Waals surface area contributed by atoms with Gasteiger partial charge in [0.1, 0.15) is 11.8 Å². The van der Waals surface area contributed by atoms with Crippen LogP contribution in [0.2, 0.25) is 10.0 Å². The van der Waals surface area contributed by atoms with Crippen molar-refractivity contribution in [3.63, 3.8) is 0 Å². The molecule has 3 aromatic rings. The highest BCUT2D eigenvalue weighted by Gasteiger charge is 2.39. The Kier molecular flexibility index (Phi) is 11.7. The van der Waals surface area contributed by atoms with E-state index in [1.54, 1.807) is 64.1 Å². The standard InChI is InChI=1S/C31H38Cl2N5O6P/c1-19(2)27(31(41)43-20(3)4)37-45(42,44-22-14-9-6-10-15-22)38-18-25(35-29(39)26-23(32)16-11-17-24(26)33)28(36-38)30(40)34-21-12-7-5-8-13-21/h6,9-11,14-21,27H,5,7-8,12-13H2,1-4H3,(H,34,40)(H,35,39)(H,37,42)/t27-,45?/m0/s1. The van der Waals surface area contributed by atoms with Crippen LogP contribution in [0.4, 0.5) is 5.69 Å². The van der Waals surface area contributed by atoms with Crippen LogP contribution in [0.5, 0.6) is 5.75 Å². The van der Waals surface area contributed by atoms with Gasteiger partial charge in [-0.2, -0.15) is 9.55 Å². The molecule has 4 rings (SSSR count). The molecule has 11 nitrogen and oxygen atoms in total. The third kappa shape index (κ3) is 8.88. The SMILES string of the molecule is CC(C)OC(=O)[C@@H](NP(=O)(Oc1ccccc1)n1cc(NC(=O)c2c(Cl)cccc2Cl)c(C(=O)NC2CCCCC2)n1)C(C)C. The summed E-state index contributed by atoms with van der Waals surface area (Å²) in [7, 11) is -4.35. The summed E-state index contributed by atoms with van der Waals surface area (Å²) in [5.74, 6) is -2.09. The van der Waals surface area contributed by atoms with Crippen molar-refractivity contribution < 1.29 is 28.2 Å². The molecule has 3 N–H and O–H groups in total. The van der Waals surface area contributed by atoms with Gasteiger partial charge in [-0.25, -0.2) is 9.65 Å².